The molecule has 0 unspecified atom stereocenters. The normalized spacial score (nSPS) is 16.1. The Morgan fingerprint density at radius 2 is 2.00 bits per heavy atom. The number of unbranched alkanes of at least 4 members (excludes halogenated alkanes) is 1. The lowest BCUT2D eigenvalue weighted by Gasteiger charge is -2.26. The van der Waals surface area contributed by atoms with Gasteiger partial charge in [0.05, 0.1) is 0 Å². The van der Waals surface area contributed by atoms with Crippen molar-refractivity contribution in [2.75, 3.05) is 26.2 Å². The first kappa shape index (κ1) is 15.0. The van der Waals surface area contributed by atoms with Crippen LogP contribution in [-0.4, -0.2) is 37.0 Å². The van der Waals surface area contributed by atoms with E-state index in [1.54, 1.807) is 12.1 Å². The third-order valence-electron chi connectivity index (χ3n) is 3.72. The van der Waals surface area contributed by atoms with Crippen LogP contribution in [0.4, 0.5) is 4.39 Å². The standard InChI is InChI=1S/C16H23FN2O/c17-15-8-6-7-14(13-15)16(20)18-9-2-5-12-19-10-3-1-4-11-19/h6-8,13H,1-5,9-12H2,(H,18,20). The molecule has 0 atom stereocenters. The number of nitrogens with zero attached hydrogens (tertiary/aromatic N) is 1. The first-order chi connectivity index (χ1) is 9.75. The van der Waals surface area contributed by atoms with Crippen molar-refractivity contribution in [2.45, 2.75) is 32.1 Å². The summed E-state index contributed by atoms with van der Waals surface area (Å²) in [5.41, 5.74) is 0.390. The van der Waals surface area contributed by atoms with Crippen molar-refractivity contribution in [3.05, 3.63) is 35.6 Å². The van der Waals surface area contributed by atoms with Crippen LogP contribution >= 0.6 is 0 Å². The summed E-state index contributed by atoms with van der Waals surface area (Å²) in [6.07, 6.45) is 6.06. The van der Waals surface area contributed by atoms with Gasteiger partial charge < -0.3 is 10.2 Å². The number of benzene rings is 1. The summed E-state index contributed by atoms with van der Waals surface area (Å²) in [5, 5.41) is 2.84. The fourth-order valence-electron chi connectivity index (χ4n) is 2.58. The zero-order valence-corrected chi connectivity index (χ0v) is 11.9. The molecule has 2 rings (SSSR count). The topological polar surface area (TPSA) is 32.3 Å². The smallest absolute Gasteiger partial charge is 0.251 e. The Hall–Kier alpha value is -1.42. The minimum Gasteiger partial charge on any atom is -0.352 e. The number of halogens is 1. The van der Waals surface area contributed by atoms with Crippen LogP contribution in [0, 0.1) is 5.82 Å². The number of piperidine rings is 1. The Bertz CT molecular complexity index is 430. The number of carbonyl (C=O) groups is 1. The van der Waals surface area contributed by atoms with Gasteiger partial charge in [0.1, 0.15) is 5.82 Å². The van der Waals surface area contributed by atoms with E-state index in [2.05, 4.69) is 10.2 Å². The van der Waals surface area contributed by atoms with E-state index in [1.807, 2.05) is 0 Å². The maximum absolute atomic E-state index is 13.0. The van der Waals surface area contributed by atoms with Crippen molar-refractivity contribution in [2.24, 2.45) is 0 Å². The Morgan fingerprint density at radius 1 is 1.20 bits per heavy atom. The monoisotopic (exact) mass is 278 g/mol. The fraction of sp³-hybridized carbons (Fsp3) is 0.562. The van der Waals surface area contributed by atoms with Gasteiger partial charge in [-0.2, -0.15) is 0 Å². The summed E-state index contributed by atoms with van der Waals surface area (Å²) >= 11 is 0. The van der Waals surface area contributed by atoms with E-state index in [4.69, 9.17) is 0 Å². The molecule has 1 saturated heterocycles. The molecule has 1 aliphatic rings. The van der Waals surface area contributed by atoms with Gasteiger partial charge in [-0.05, 0) is 63.5 Å². The van der Waals surface area contributed by atoms with E-state index in [9.17, 15) is 9.18 Å². The fourth-order valence-corrected chi connectivity index (χ4v) is 2.58. The molecular weight excluding hydrogens is 255 g/mol. The van der Waals surface area contributed by atoms with Gasteiger partial charge in [-0.3, -0.25) is 4.79 Å². The minimum atomic E-state index is -0.372. The summed E-state index contributed by atoms with van der Waals surface area (Å²) in [4.78, 5) is 14.3. The Morgan fingerprint density at radius 3 is 2.75 bits per heavy atom. The number of amides is 1. The highest BCUT2D eigenvalue weighted by molar-refractivity contribution is 5.94. The maximum atomic E-state index is 13.0. The summed E-state index contributed by atoms with van der Waals surface area (Å²) < 4.78 is 13.0. The number of rotatable bonds is 6. The molecule has 0 radical (unpaired) electrons. The lowest BCUT2D eigenvalue weighted by Crippen LogP contribution is -2.31. The van der Waals surface area contributed by atoms with Crippen LogP contribution in [0.3, 0.4) is 0 Å². The van der Waals surface area contributed by atoms with Crippen molar-refractivity contribution in [1.82, 2.24) is 10.2 Å². The third-order valence-corrected chi connectivity index (χ3v) is 3.72. The molecule has 4 heteroatoms. The molecule has 3 nitrogen and oxygen atoms in total. The molecule has 20 heavy (non-hydrogen) atoms. The molecule has 1 aromatic carbocycles. The van der Waals surface area contributed by atoms with Crippen molar-refractivity contribution in [3.8, 4) is 0 Å². The Balaban J connectivity index is 1.59. The van der Waals surface area contributed by atoms with Gasteiger partial charge in [0, 0.05) is 12.1 Å². The van der Waals surface area contributed by atoms with Crippen molar-refractivity contribution in [3.63, 3.8) is 0 Å². The molecule has 1 heterocycles. The van der Waals surface area contributed by atoms with Crippen molar-refractivity contribution in [1.29, 1.82) is 0 Å². The number of hydrogen-bond donors (Lipinski definition) is 1. The lowest BCUT2D eigenvalue weighted by molar-refractivity contribution is 0.0952. The van der Waals surface area contributed by atoms with Crippen LogP contribution in [0.2, 0.25) is 0 Å². The molecule has 1 N–H and O–H groups in total. The minimum absolute atomic E-state index is 0.192. The van der Waals surface area contributed by atoms with Crippen LogP contribution in [0.1, 0.15) is 42.5 Å². The van der Waals surface area contributed by atoms with Gasteiger partial charge in [0.15, 0.2) is 0 Å². The molecule has 0 saturated carbocycles. The molecule has 0 aromatic heterocycles. The molecule has 1 fully saturated rings. The average Bonchev–Trinajstić information content (AvgIpc) is 2.48. The maximum Gasteiger partial charge on any atom is 0.251 e. The van der Waals surface area contributed by atoms with E-state index in [1.165, 1.54) is 44.5 Å². The van der Waals surface area contributed by atoms with E-state index < -0.39 is 0 Å². The Labute approximate surface area is 120 Å². The molecule has 1 amide bonds. The van der Waals surface area contributed by atoms with Crippen molar-refractivity contribution >= 4 is 5.91 Å². The van der Waals surface area contributed by atoms with Crippen molar-refractivity contribution < 1.29 is 9.18 Å². The van der Waals surface area contributed by atoms with E-state index in [0.29, 0.717) is 12.1 Å². The molecule has 110 valence electrons. The van der Waals surface area contributed by atoms with Crippen LogP contribution in [0.5, 0.6) is 0 Å². The van der Waals surface area contributed by atoms with Crippen LogP contribution in [-0.2, 0) is 0 Å². The Kier molecular flexibility index (Phi) is 5.99. The second-order valence-corrected chi connectivity index (χ2v) is 5.38. The molecular formula is C16H23FN2O. The van der Waals surface area contributed by atoms with Gasteiger partial charge in [-0.25, -0.2) is 4.39 Å². The predicted molar refractivity (Wildman–Crippen MR) is 78.3 cm³/mol. The summed E-state index contributed by atoms with van der Waals surface area (Å²) in [5.74, 6) is -0.565. The van der Waals surface area contributed by atoms with E-state index >= 15 is 0 Å². The number of hydrogen-bond acceptors (Lipinski definition) is 2. The second-order valence-electron chi connectivity index (χ2n) is 5.38. The van der Waals surface area contributed by atoms with Gasteiger partial charge in [-0.15, -0.1) is 0 Å². The highest BCUT2D eigenvalue weighted by Gasteiger charge is 2.09. The number of nitrogens with one attached hydrogen (secondary N) is 1. The van der Waals surface area contributed by atoms with Crippen LogP contribution in [0.15, 0.2) is 24.3 Å². The van der Waals surface area contributed by atoms with Crippen LogP contribution in [0.25, 0.3) is 0 Å². The predicted octanol–water partition coefficient (Wildman–Crippen LogP) is 2.82. The van der Waals surface area contributed by atoms with Gasteiger partial charge in [0.25, 0.3) is 5.91 Å². The first-order valence-electron chi connectivity index (χ1n) is 7.52. The summed E-state index contributed by atoms with van der Waals surface area (Å²) in [7, 11) is 0. The molecule has 0 bridgehead atoms. The first-order valence-corrected chi connectivity index (χ1v) is 7.52. The SMILES string of the molecule is O=C(NCCCCN1CCCCC1)c1cccc(F)c1. The quantitative estimate of drug-likeness (QED) is 0.812. The second kappa shape index (κ2) is 8.00. The van der Waals surface area contributed by atoms with Gasteiger partial charge in [-0.1, -0.05) is 12.5 Å². The summed E-state index contributed by atoms with van der Waals surface area (Å²) in [6.45, 7) is 4.21. The highest BCUT2D eigenvalue weighted by Crippen LogP contribution is 2.09. The van der Waals surface area contributed by atoms with Crippen LogP contribution < -0.4 is 5.32 Å². The third kappa shape index (κ3) is 4.93. The van der Waals surface area contributed by atoms with E-state index in [-0.39, 0.29) is 11.7 Å². The molecule has 0 spiro atoms. The van der Waals surface area contributed by atoms with Gasteiger partial charge in [0.2, 0.25) is 0 Å². The summed E-state index contributed by atoms with van der Waals surface area (Å²) in [6, 6.07) is 5.80. The molecule has 1 aromatic rings. The van der Waals surface area contributed by atoms with E-state index in [0.717, 1.165) is 19.4 Å². The zero-order chi connectivity index (χ0) is 14.2. The molecule has 0 aliphatic carbocycles. The zero-order valence-electron chi connectivity index (χ0n) is 11.9. The highest BCUT2D eigenvalue weighted by atomic mass is 19.1. The average molecular weight is 278 g/mol. The van der Waals surface area contributed by atoms with Gasteiger partial charge >= 0.3 is 0 Å². The molecule has 1 aliphatic heterocycles. The number of likely N-dealkylation sites (tertiary alicyclic amines) is 1. The largest absolute Gasteiger partial charge is 0.352 e. The lowest BCUT2D eigenvalue weighted by atomic mass is 10.1. The number of carbonyl (C=O) groups excluding carboxylic acids is 1.